The van der Waals surface area contributed by atoms with Crippen molar-refractivity contribution >= 4 is 21.6 Å². The molecule has 0 saturated heterocycles. The Morgan fingerprint density at radius 2 is 2.31 bits per heavy atom. The van der Waals surface area contributed by atoms with Gasteiger partial charge >= 0.3 is 5.69 Å². The molecule has 5 nitrogen and oxygen atoms in total. The van der Waals surface area contributed by atoms with Crippen molar-refractivity contribution in [2.24, 2.45) is 0 Å². The SMILES string of the molecule is CC(C#N)Oc1cc(F)c(Br)cc1[N+](=O)[O-]. The van der Waals surface area contributed by atoms with Crippen LogP contribution in [0, 0.1) is 27.3 Å². The molecule has 0 N–H and O–H groups in total. The molecule has 0 aliphatic heterocycles. The highest BCUT2D eigenvalue weighted by Gasteiger charge is 2.20. The summed E-state index contributed by atoms with van der Waals surface area (Å²) in [5.41, 5.74) is -0.393. The molecule has 1 rings (SSSR count). The fraction of sp³-hybridized carbons (Fsp3) is 0.222. The van der Waals surface area contributed by atoms with Crippen LogP contribution in [0.25, 0.3) is 0 Å². The maximum Gasteiger partial charge on any atom is 0.312 e. The van der Waals surface area contributed by atoms with Crippen molar-refractivity contribution in [3.63, 3.8) is 0 Å². The molecule has 1 atom stereocenters. The molecule has 1 aromatic carbocycles. The fourth-order valence-electron chi connectivity index (χ4n) is 0.972. The standard InChI is InChI=1S/C9H6BrFN2O3/c1-5(4-12)16-9-3-7(11)6(10)2-8(9)13(14)15/h2-3,5H,1H3. The van der Waals surface area contributed by atoms with Crippen molar-refractivity contribution < 1.29 is 14.1 Å². The van der Waals surface area contributed by atoms with E-state index in [0.717, 1.165) is 12.1 Å². The molecule has 16 heavy (non-hydrogen) atoms. The van der Waals surface area contributed by atoms with Crippen molar-refractivity contribution in [2.75, 3.05) is 0 Å². The van der Waals surface area contributed by atoms with Crippen molar-refractivity contribution in [1.29, 1.82) is 5.26 Å². The second-order valence-electron chi connectivity index (χ2n) is 2.88. The number of nitriles is 1. The molecule has 0 heterocycles. The lowest BCUT2D eigenvalue weighted by Crippen LogP contribution is -2.10. The monoisotopic (exact) mass is 288 g/mol. The molecule has 0 aliphatic rings. The molecule has 0 fully saturated rings. The topological polar surface area (TPSA) is 76.2 Å². The smallest absolute Gasteiger partial charge is 0.312 e. The average Bonchev–Trinajstić information content (AvgIpc) is 2.22. The minimum atomic E-state index is -0.890. The summed E-state index contributed by atoms with van der Waals surface area (Å²) in [6, 6.07) is 3.60. The van der Waals surface area contributed by atoms with Crippen molar-refractivity contribution in [3.05, 3.63) is 32.5 Å². The summed E-state index contributed by atoms with van der Waals surface area (Å²) in [5.74, 6) is -0.953. The number of nitro benzene ring substituents is 1. The molecular formula is C9H6BrFN2O3. The molecule has 84 valence electrons. The van der Waals surface area contributed by atoms with Crippen LogP contribution in [0.4, 0.5) is 10.1 Å². The number of hydrogen-bond donors (Lipinski definition) is 0. The Morgan fingerprint density at radius 1 is 1.69 bits per heavy atom. The van der Waals surface area contributed by atoms with Crippen LogP contribution < -0.4 is 4.74 Å². The maximum absolute atomic E-state index is 13.1. The van der Waals surface area contributed by atoms with Crippen LogP contribution in [-0.2, 0) is 0 Å². The van der Waals surface area contributed by atoms with Gasteiger partial charge in [0.15, 0.2) is 6.10 Å². The Bertz CT molecular complexity index is 473. The number of nitrogens with zero attached hydrogens (tertiary/aromatic N) is 2. The summed E-state index contributed by atoms with van der Waals surface area (Å²) < 4.78 is 18.0. The zero-order valence-corrected chi connectivity index (χ0v) is 9.69. The third-order valence-corrected chi connectivity index (χ3v) is 2.29. The molecule has 7 heteroatoms. The zero-order valence-electron chi connectivity index (χ0n) is 8.11. The molecule has 0 saturated carbocycles. The van der Waals surface area contributed by atoms with Gasteiger partial charge in [-0.05, 0) is 22.9 Å². The third kappa shape index (κ3) is 2.67. The van der Waals surface area contributed by atoms with Crippen molar-refractivity contribution in [2.45, 2.75) is 13.0 Å². The van der Waals surface area contributed by atoms with Crippen molar-refractivity contribution in [3.8, 4) is 11.8 Å². The summed E-state index contributed by atoms with van der Waals surface area (Å²) in [6.45, 7) is 1.41. The Morgan fingerprint density at radius 3 is 2.81 bits per heavy atom. The van der Waals surface area contributed by atoms with Gasteiger partial charge in [-0.25, -0.2) is 4.39 Å². The second-order valence-corrected chi connectivity index (χ2v) is 3.73. The summed E-state index contributed by atoms with van der Waals surface area (Å²) in [5, 5.41) is 19.2. The van der Waals surface area contributed by atoms with Crippen LogP contribution in [0.3, 0.4) is 0 Å². The van der Waals surface area contributed by atoms with E-state index >= 15 is 0 Å². The van der Waals surface area contributed by atoms with Crippen LogP contribution in [0.15, 0.2) is 16.6 Å². The van der Waals surface area contributed by atoms with E-state index in [4.69, 9.17) is 10.00 Å². The molecule has 1 unspecified atom stereocenters. The summed E-state index contributed by atoms with van der Waals surface area (Å²) >= 11 is 2.83. The van der Waals surface area contributed by atoms with Crippen molar-refractivity contribution in [1.82, 2.24) is 0 Å². The average molecular weight is 289 g/mol. The largest absolute Gasteiger partial charge is 0.469 e. The summed E-state index contributed by atoms with van der Waals surface area (Å²) in [4.78, 5) is 9.95. The highest BCUT2D eigenvalue weighted by atomic mass is 79.9. The number of hydrogen-bond acceptors (Lipinski definition) is 4. The molecular weight excluding hydrogens is 283 g/mol. The predicted molar refractivity (Wildman–Crippen MR) is 56.5 cm³/mol. The first-order valence-corrected chi connectivity index (χ1v) is 4.94. The number of nitro groups is 1. The molecule has 0 aromatic heterocycles. The molecule has 1 aromatic rings. The molecule has 0 amide bonds. The normalized spacial score (nSPS) is 11.6. The van der Waals surface area contributed by atoms with E-state index in [-0.39, 0.29) is 10.2 Å². The molecule has 0 radical (unpaired) electrons. The maximum atomic E-state index is 13.1. The van der Waals surface area contributed by atoms with E-state index in [1.165, 1.54) is 6.92 Å². The van der Waals surface area contributed by atoms with Gasteiger partial charge in [0.2, 0.25) is 5.75 Å². The lowest BCUT2D eigenvalue weighted by Gasteiger charge is -2.08. The Hall–Kier alpha value is -1.68. The Labute approximate surface area is 98.7 Å². The third-order valence-electron chi connectivity index (χ3n) is 1.68. The van der Waals surface area contributed by atoms with Crippen LogP contribution >= 0.6 is 15.9 Å². The molecule has 0 spiro atoms. The van der Waals surface area contributed by atoms with E-state index in [0.29, 0.717) is 0 Å². The van der Waals surface area contributed by atoms with Gasteiger partial charge in [-0.15, -0.1) is 0 Å². The number of rotatable bonds is 3. The first-order valence-electron chi connectivity index (χ1n) is 4.15. The van der Waals surface area contributed by atoms with E-state index in [1.807, 2.05) is 0 Å². The van der Waals surface area contributed by atoms with Gasteiger partial charge < -0.3 is 4.74 Å². The number of ether oxygens (including phenoxy) is 1. The number of halogens is 2. The van der Waals surface area contributed by atoms with Gasteiger partial charge in [-0.1, -0.05) is 0 Å². The minimum absolute atomic E-state index is 0.0313. The van der Waals surface area contributed by atoms with Crippen LogP contribution in [-0.4, -0.2) is 11.0 Å². The molecule has 0 aliphatic carbocycles. The summed E-state index contributed by atoms with van der Waals surface area (Å²) in [6.07, 6.45) is -0.890. The minimum Gasteiger partial charge on any atom is -0.469 e. The lowest BCUT2D eigenvalue weighted by atomic mass is 10.3. The van der Waals surface area contributed by atoms with E-state index in [2.05, 4.69) is 15.9 Å². The first-order chi connectivity index (χ1) is 7.45. The van der Waals surface area contributed by atoms with Gasteiger partial charge in [0.05, 0.1) is 9.40 Å². The highest BCUT2D eigenvalue weighted by molar-refractivity contribution is 9.10. The quantitative estimate of drug-likeness (QED) is 0.633. The molecule has 0 bridgehead atoms. The number of benzene rings is 1. The van der Waals surface area contributed by atoms with Gasteiger partial charge in [0, 0.05) is 12.1 Å². The van der Waals surface area contributed by atoms with E-state index in [1.54, 1.807) is 6.07 Å². The van der Waals surface area contributed by atoms with E-state index < -0.39 is 22.5 Å². The zero-order chi connectivity index (χ0) is 12.3. The van der Waals surface area contributed by atoms with E-state index in [9.17, 15) is 14.5 Å². The van der Waals surface area contributed by atoms with Crippen LogP contribution in [0.2, 0.25) is 0 Å². The Kier molecular flexibility index (Phi) is 3.79. The van der Waals surface area contributed by atoms with Crippen LogP contribution in [0.1, 0.15) is 6.92 Å². The fourth-order valence-corrected chi connectivity index (χ4v) is 1.30. The first kappa shape index (κ1) is 12.4. The van der Waals surface area contributed by atoms with Gasteiger partial charge in [-0.3, -0.25) is 10.1 Å². The van der Waals surface area contributed by atoms with Gasteiger partial charge in [0.25, 0.3) is 0 Å². The highest BCUT2D eigenvalue weighted by Crippen LogP contribution is 2.32. The van der Waals surface area contributed by atoms with Crippen LogP contribution in [0.5, 0.6) is 5.75 Å². The van der Waals surface area contributed by atoms with Gasteiger partial charge in [0.1, 0.15) is 11.9 Å². The lowest BCUT2D eigenvalue weighted by molar-refractivity contribution is -0.386. The van der Waals surface area contributed by atoms with Gasteiger partial charge in [-0.2, -0.15) is 5.26 Å². The predicted octanol–water partition coefficient (Wildman–Crippen LogP) is 2.79. The Balaban J connectivity index is 3.21. The summed E-state index contributed by atoms with van der Waals surface area (Å²) in [7, 11) is 0. The second kappa shape index (κ2) is 4.90.